The van der Waals surface area contributed by atoms with Crippen LogP contribution in [0.25, 0.3) is 0 Å². The van der Waals surface area contributed by atoms with Crippen LogP contribution >= 0.6 is 0 Å². The van der Waals surface area contributed by atoms with Crippen LogP contribution in [0.4, 0.5) is 0 Å². The van der Waals surface area contributed by atoms with Crippen LogP contribution in [0.2, 0.25) is 0 Å². The summed E-state index contributed by atoms with van der Waals surface area (Å²) < 4.78 is 0. The Bertz CT molecular complexity index is 354. The van der Waals surface area contributed by atoms with Gasteiger partial charge in [0.05, 0.1) is 0 Å². The summed E-state index contributed by atoms with van der Waals surface area (Å²) in [6, 6.07) is 5.21. The van der Waals surface area contributed by atoms with Crippen molar-refractivity contribution in [3.63, 3.8) is 0 Å². The second-order valence-electron chi connectivity index (χ2n) is 5.30. The zero-order chi connectivity index (χ0) is 13.0. The largest absolute Gasteiger partial charge is 0.329 e. The number of hydrogen-bond donors (Lipinski definition) is 1. The molecule has 4 nitrogen and oxygen atoms in total. The van der Waals surface area contributed by atoms with E-state index in [9.17, 15) is 0 Å². The van der Waals surface area contributed by atoms with Gasteiger partial charge in [0, 0.05) is 44.1 Å². The van der Waals surface area contributed by atoms with Crippen molar-refractivity contribution in [1.82, 2.24) is 14.8 Å². The number of pyridine rings is 1. The summed E-state index contributed by atoms with van der Waals surface area (Å²) in [6.07, 6.45) is 4.98. The molecule has 1 fully saturated rings. The smallest absolute Gasteiger partial charge is 0.0342 e. The average molecular weight is 248 g/mol. The van der Waals surface area contributed by atoms with Crippen LogP contribution in [0.5, 0.6) is 0 Å². The molecule has 2 unspecified atom stereocenters. The van der Waals surface area contributed by atoms with Gasteiger partial charge >= 0.3 is 0 Å². The van der Waals surface area contributed by atoms with E-state index in [0.29, 0.717) is 12.1 Å². The first-order valence-corrected chi connectivity index (χ1v) is 6.74. The fourth-order valence-electron chi connectivity index (χ4n) is 2.55. The van der Waals surface area contributed by atoms with Crippen LogP contribution in [-0.4, -0.2) is 53.5 Å². The molecule has 0 aliphatic carbocycles. The molecule has 2 rings (SSSR count). The summed E-state index contributed by atoms with van der Waals surface area (Å²) in [5.74, 6) is 0. The molecule has 4 heteroatoms. The Balaban J connectivity index is 2.05. The molecule has 0 bridgehead atoms. The van der Waals surface area contributed by atoms with Gasteiger partial charge in [0.2, 0.25) is 0 Å². The first kappa shape index (κ1) is 13.5. The standard InChI is InChI=1S/C14H24N4/c1-12-5-7-17(2)14(8-15)11-18(12)10-13-4-3-6-16-9-13/h3-4,6,9,12,14H,5,7-8,10-11,15H2,1-2H3. The van der Waals surface area contributed by atoms with Crippen molar-refractivity contribution in [1.29, 1.82) is 0 Å². The lowest BCUT2D eigenvalue weighted by Gasteiger charge is -2.30. The van der Waals surface area contributed by atoms with Gasteiger partial charge in [-0.1, -0.05) is 6.07 Å². The Morgan fingerprint density at radius 3 is 3.00 bits per heavy atom. The summed E-state index contributed by atoms with van der Waals surface area (Å²) >= 11 is 0. The van der Waals surface area contributed by atoms with Gasteiger partial charge in [-0.3, -0.25) is 9.88 Å². The van der Waals surface area contributed by atoms with Gasteiger partial charge in [-0.2, -0.15) is 0 Å². The molecule has 1 aromatic heterocycles. The lowest BCUT2D eigenvalue weighted by atomic mass is 10.1. The maximum absolute atomic E-state index is 5.88. The fourth-order valence-corrected chi connectivity index (χ4v) is 2.55. The molecule has 2 atom stereocenters. The minimum Gasteiger partial charge on any atom is -0.329 e. The second kappa shape index (κ2) is 6.27. The molecular weight excluding hydrogens is 224 g/mol. The van der Waals surface area contributed by atoms with Crippen molar-refractivity contribution in [2.75, 3.05) is 26.7 Å². The minimum absolute atomic E-state index is 0.464. The number of aromatic nitrogens is 1. The van der Waals surface area contributed by atoms with Crippen LogP contribution in [0.15, 0.2) is 24.5 Å². The summed E-state index contributed by atoms with van der Waals surface area (Å²) in [4.78, 5) is 9.11. The van der Waals surface area contributed by atoms with E-state index in [1.54, 1.807) is 0 Å². The van der Waals surface area contributed by atoms with Crippen LogP contribution in [0.3, 0.4) is 0 Å². The predicted octanol–water partition coefficient (Wildman–Crippen LogP) is 0.935. The molecule has 0 spiro atoms. The first-order valence-electron chi connectivity index (χ1n) is 6.74. The van der Waals surface area contributed by atoms with Crippen molar-refractivity contribution in [3.8, 4) is 0 Å². The Morgan fingerprint density at radius 1 is 1.50 bits per heavy atom. The molecular formula is C14H24N4. The Hall–Kier alpha value is -0.970. The van der Waals surface area contributed by atoms with E-state index in [4.69, 9.17) is 5.73 Å². The zero-order valence-electron chi connectivity index (χ0n) is 11.4. The number of nitrogens with zero attached hydrogens (tertiary/aromatic N) is 3. The van der Waals surface area contributed by atoms with Gasteiger partial charge in [-0.05, 0) is 38.6 Å². The van der Waals surface area contributed by atoms with Crippen LogP contribution in [-0.2, 0) is 6.54 Å². The lowest BCUT2D eigenvalue weighted by Crippen LogP contribution is -2.44. The van der Waals surface area contributed by atoms with Crippen LogP contribution < -0.4 is 5.73 Å². The van der Waals surface area contributed by atoms with E-state index >= 15 is 0 Å². The molecule has 1 aliphatic heterocycles. The van der Waals surface area contributed by atoms with Gasteiger partial charge in [-0.25, -0.2) is 0 Å². The van der Waals surface area contributed by atoms with Crippen molar-refractivity contribution in [2.24, 2.45) is 5.73 Å². The SMILES string of the molecule is CC1CCN(C)C(CN)CN1Cc1cccnc1. The quantitative estimate of drug-likeness (QED) is 0.864. The molecule has 1 aromatic rings. The summed E-state index contributed by atoms with van der Waals surface area (Å²) in [6.45, 7) is 6.19. The van der Waals surface area contributed by atoms with Gasteiger partial charge in [-0.15, -0.1) is 0 Å². The number of nitrogens with two attached hydrogens (primary N) is 1. The van der Waals surface area contributed by atoms with Crippen molar-refractivity contribution >= 4 is 0 Å². The van der Waals surface area contributed by atoms with Crippen molar-refractivity contribution in [3.05, 3.63) is 30.1 Å². The maximum atomic E-state index is 5.88. The third kappa shape index (κ3) is 3.28. The molecule has 2 N–H and O–H groups in total. The molecule has 18 heavy (non-hydrogen) atoms. The Morgan fingerprint density at radius 2 is 2.33 bits per heavy atom. The maximum Gasteiger partial charge on any atom is 0.0342 e. The molecule has 0 amide bonds. The number of likely N-dealkylation sites (N-methyl/N-ethyl adjacent to an activating group) is 1. The number of rotatable bonds is 3. The molecule has 1 saturated heterocycles. The van der Waals surface area contributed by atoms with Gasteiger partial charge in [0.15, 0.2) is 0 Å². The molecule has 0 aromatic carbocycles. The topological polar surface area (TPSA) is 45.4 Å². The predicted molar refractivity (Wildman–Crippen MR) is 74.2 cm³/mol. The summed E-state index contributed by atoms with van der Waals surface area (Å²) in [5, 5.41) is 0. The highest BCUT2D eigenvalue weighted by Gasteiger charge is 2.25. The Labute approximate surface area is 110 Å². The molecule has 0 radical (unpaired) electrons. The first-order chi connectivity index (χ1) is 8.70. The molecule has 0 saturated carbocycles. The Kier molecular flexibility index (Phi) is 4.69. The average Bonchev–Trinajstić information content (AvgIpc) is 2.53. The molecule has 1 aliphatic rings. The zero-order valence-corrected chi connectivity index (χ0v) is 11.4. The minimum atomic E-state index is 0.464. The van der Waals surface area contributed by atoms with Gasteiger partial charge in [0.25, 0.3) is 0 Å². The van der Waals surface area contributed by atoms with E-state index in [1.807, 2.05) is 18.5 Å². The van der Waals surface area contributed by atoms with Gasteiger partial charge in [0.1, 0.15) is 0 Å². The van der Waals surface area contributed by atoms with E-state index < -0.39 is 0 Å². The summed E-state index contributed by atoms with van der Waals surface area (Å²) in [7, 11) is 2.18. The highest BCUT2D eigenvalue weighted by Crippen LogP contribution is 2.16. The summed E-state index contributed by atoms with van der Waals surface area (Å²) in [5.41, 5.74) is 7.17. The van der Waals surface area contributed by atoms with E-state index in [2.05, 4.69) is 34.8 Å². The van der Waals surface area contributed by atoms with E-state index in [-0.39, 0.29) is 0 Å². The third-order valence-corrected chi connectivity index (χ3v) is 3.97. The second-order valence-corrected chi connectivity index (χ2v) is 5.30. The van der Waals surface area contributed by atoms with E-state index in [1.165, 1.54) is 12.0 Å². The normalized spacial score (nSPS) is 27.1. The molecule has 100 valence electrons. The number of hydrogen-bond acceptors (Lipinski definition) is 4. The van der Waals surface area contributed by atoms with Crippen LogP contribution in [0, 0.1) is 0 Å². The lowest BCUT2D eigenvalue weighted by molar-refractivity contribution is 0.176. The highest BCUT2D eigenvalue weighted by molar-refractivity contribution is 5.08. The monoisotopic (exact) mass is 248 g/mol. The van der Waals surface area contributed by atoms with E-state index in [0.717, 1.165) is 26.2 Å². The van der Waals surface area contributed by atoms with Crippen LogP contribution in [0.1, 0.15) is 18.9 Å². The highest BCUT2D eigenvalue weighted by atomic mass is 15.2. The van der Waals surface area contributed by atoms with Gasteiger partial charge < -0.3 is 10.6 Å². The van der Waals surface area contributed by atoms with Crippen molar-refractivity contribution < 1.29 is 0 Å². The third-order valence-electron chi connectivity index (χ3n) is 3.97. The molecule has 2 heterocycles. The van der Waals surface area contributed by atoms with Crippen molar-refractivity contribution in [2.45, 2.75) is 32.0 Å². The fraction of sp³-hybridized carbons (Fsp3) is 0.643.